The van der Waals surface area contributed by atoms with E-state index in [0.29, 0.717) is 0 Å². The van der Waals surface area contributed by atoms with Crippen molar-refractivity contribution in [2.75, 3.05) is 6.26 Å². The highest BCUT2D eigenvalue weighted by molar-refractivity contribution is 7.84. The van der Waals surface area contributed by atoms with E-state index in [9.17, 15) is 19.4 Å². The van der Waals surface area contributed by atoms with Crippen LogP contribution in [0, 0.1) is 10.1 Å². The third-order valence-corrected chi connectivity index (χ3v) is 2.43. The molecule has 0 saturated heterocycles. The molecule has 1 aromatic rings. The summed E-state index contributed by atoms with van der Waals surface area (Å²) in [4.78, 5) is 9.70. The van der Waals surface area contributed by atoms with Gasteiger partial charge in [0.2, 0.25) is 5.75 Å². The van der Waals surface area contributed by atoms with Crippen molar-refractivity contribution in [1.82, 2.24) is 0 Å². The number of para-hydroxylation sites is 1. The minimum atomic E-state index is -1.42. The zero-order valence-corrected chi connectivity index (χ0v) is 7.58. The van der Waals surface area contributed by atoms with E-state index in [-0.39, 0.29) is 4.90 Å². The largest absolute Gasteiger partial charge is 0.501 e. The van der Waals surface area contributed by atoms with Crippen molar-refractivity contribution in [1.29, 1.82) is 0 Å². The first-order valence-electron chi connectivity index (χ1n) is 3.34. The molecule has 1 aromatic carbocycles. The average Bonchev–Trinajstić information content (AvgIpc) is 2.03. The lowest BCUT2D eigenvalue weighted by molar-refractivity contribution is -0.386. The lowest BCUT2D eigenvalue weighted by Crippen LogP contribution is -1.93. The second-order valence-corrected chi connectivity index (χ2v) is 3.68. The molecule has 70 valence electrons. The average molecular weight is 201 g/mol. The summed E-state index contributed by atoms with van der Waals surface area (Å²) >= 11 is 0. The Hall–Kier alpha value is -1.43. The molecule has 1 N–H and O–H groups in total. The van der Waals surface area contributed by atoms with Gasteiger partial charge in [0.05, 0.1) is 20.6 Å². The summed E-state index contributed by atoms with van der Waals surface area (Å²) in [6.45, 7) is 0. The first kappa shape index (κ1) is 9.66. The van der Waals surface area contributed by atoms with Crippen LogP contribution in [0.4, 0.5) is 5.69 Å². The molecule has 13 heavy (non-hydrogen) atoms. The molecule has 0 bridgehead atoms. The van der Waals surface area contributed by atoms with Gasteiger partial charge in [-0.25, -0.2) is 0 Å². The van der Waals surface area contributed by atoms with Crippen LogP contribution < -0.4 is 0 Å². The first-order chi connectivity index (χ1) is 6.04. The molecule has 0 aliphatic heterocycles. The van der Waals surface area contributed by atoms with E-state index < -0.39 is 27.2 Å². The molecule has 1 rings (SSSR count). The predicted molar refractivity (Wildman–Crippen MR) is 47.1 cm³/mol. The summed E-state index contributed by atoms with van der Waals surface area (Å²) in [6.07, 6.45) is 1.35. The second-order valence-electron chi connectivity index (χ2n) is 2.34. The quantitative estimate of drug-likeness (QED) is 0.572. The van der Waals surface area contributed by atoms with E-state index in [1.54, 1.807) is 0 Å². The molecule has 6 heteroatoms. The molecule has 0 amide bonds. The Morgan fingerprint density at radius 1 is 1.54 bits per heavy atom. The highest BCUT2D eigenvalue weighted by atomic mass is 32.2. The van der Waals surface area contributed by atoms with Crippen molar-refractivity contribution in [2.45, 2.75) is 4.90 Å². The number of hydrogen-bond donors (Lipinski definition) is 1. The van der Waals surface area contributed by atoms with Gasteiger partial charge in [-0.1, -0.05) is 6.07 Å². The van der Waals surface area contributed by atoms with Crippen LogP contribution >= 0.6 is 0 Å². The minimum absolute atomic E-state index is 0.0780. The van der Waals surface area contributed by atoms with E-state index >= 15 is 0 Å². The Morgan fingerprint density at radius 3 is 2.62 bits per heavy atom. The molecular weight excluding hydrogens is 194 g/mol. The maximum Gasteiger partial charge on any atom is 0.311 e. The number of hydrogen-bond acceptors (Lipinski definition) is 4. The molecule has 1 atom stereocenters. The van der Waals surface area contributed by atoms with Crippen LogP contribution in [0.25, 0.3) is 0 Å². The molecule has 0 aliphatic rings. The monoisotopic (exact) mass is 201 g/mol. The molecule has 1 unspecified atom stereocenters. The van der Waals surface area contributed by atoms with E-state index in [2.05, 4.69) is 0 Å². The number of rotatable bonds is 2. The van der Waals surface area contributed by atoms with Gasteiger partial charge in [-0.05, 0) is 6.07 Å². The van der Waals surface area contributed by atoms with E-state index in [1.165, 1.54) is 18.4 Å². The minimum Gasteiger partial charge on any atom is -0.501 e. The van der Waals surface area contributed by atoms with Gasteiger partial charge in [-0.15, -0.1) is 0 Å². The second kappa shape index (κ2) is 3.53. The third kappa shape index (κ3) is 1.83. The molecule has 0 saturated carbocycles. The van der Waals surface area contributed by atoms with Crippen molar-refractivity contribution in [3.05, 3.63) is 28.3 Å². The standard InChI is InChI=1S/C7H7NO4S/c1-13(12)6-4-2-3-5(7(6)9)8(10)11/h2-4,9H,1H3. The third-order valence-electron chi connectivity index (χ3n) is 1.48. The summed E-state index contributed by atoms with van der Waals surface area (Å²) in [7, 11) is -1.42. The summed E-state index contributed by atoms with van der Waals surface area (Å²) in [5, 5.41) is 19.6. The maximum atomic E-state index is 11.0. The van der Waals surface area contributed by atoms with Gasteiger partial charge in [0.25, 0.3) is 0 Å². The van der Waals surface area contributed by atoms with Gasteiger partial charge in [-0.2, -0.15) is 0 Å². The van der Waals surface area contributed by atoms with Crippen LogP contribution in [0.15, 0.2) is 23.1 Å². The number of phenols is 1. The van der Waals surface area contributed by atoms with E-state index in [1.807, 2.05) is 0 Å². The SMILES string of the molecule is CS(=O)c1cccc([N+](=O)[O-])c1O. The summed E-state index contributed by atoms with van der Waals surface area (Å²) in [5.74, 6) is -0.520. The molecule has 0 fully saturated rings. The fourth-order valence-electron chi connectivity index (χ4n) is 0.890. The lowest BCUT2D eigenvalue weighted by Gasteiger charge is -2.00. The van der Waals surface area contributed by atoms with Crippen molar-refractivity contribution in [3.63, 3.8) is 0 Å². The number of benzene rings is 1. The predicted octanol–water partition coefficient (Wildman–Crippen LogP) is 1.04. The summed E-state index contributed by atoms with van der Waals surface area (Å²) in [6, 6.07) is 3.93. The molecule has 0 aromatic heterocycles. The summed E-state index contributed by atoms with van der Waals surface area (Å²) < 4.78 is 11.0. The number of phenolic OH excluding ortho intramolecular Hbond substituents is 1. The number of nitrogens with zero attached hydrogens (tertiary/aromatic N) is 1. The Bertz CT molecular complexity index is 345. The zero-order chi connectivity index (χ0) is 10.0. The number of nitro benzene ring substituents is 1. The fraction of sp³-hybridized carbons (Fsp3) is 0.143. The number of nitro groups is 1. The van der Waals surface area contributed by atoms with Gasteiger partial charge >= 0.3 is 5.69 Å². The molecule has 0 heterocycles. The van der Waals surface area contributed by atoms with Crippen molar-refractivity contribution >= 4 is 16.5 Å². The Kier molecular flexibility index (Phi) is 2.62. The fourth-order valence-corrected chi connectivity index (χ4v) is 1.54. The Balaban J connectivity index is 3.35. The number of aromatic hydroxyl groups is 1. The van der Waals surface area contributed by atoms with Crippen LogP contribution in [0.5, 0.6) is 5.75 Å². The normalized spacial score (nSPS) is 12.4. The van der Waals surface area contributed by atoms with Crippen molar-refractivity contribution < 1.29 is 14.2 Å². The first-order valence-corrected chi connectivity index (χ1v) is 4.89. The molecule has 0 spiro atoms. The van der Waals surface area contributed by atoms with Crippen molar-refractivity contribution in [2.24, 2.45) is 0 Å². The van der Waals surface area contributed by atoms with Crippen LogP contribution in [0.3, 0.4) is 0 Å². The van der Waals surface area contributed by atoms with Gasteiger partial charge < -0.3 is 5.11 Å². The van der Waals surface area contributed by atoms with Gasteiger partial charge in [0, 0.05) is 12.3 Å². The highest BCUT2D eigenvalue weighted by Gasteiger charge is 2.17. The van der Waals surface area contributed by atoms with Crippen LogP contribution in [-0.2, 0) is 10.8 Å². The van der Waals surface area contributed by atoms with Gasteiger partial charge in [-0.3, -0.25) is 14.3 Å². The zero-order valence-electron chi connectivity index (χ0n) is 6.76. The van der Waals surface area contributed by atoms with Gasteiger partial charge in [0.15, 0.2) is 0 Å². The van der Waals surface area contributed by atoms with Gasteiger partial charge in [0.1, 0.15) is 0 Å². The van der Waals surface area contributed by atoms with E-state index in [4.69, 9.17) is 0 Å². The van der Waals surface area contributed by atoms with Crippen LogP contribution in [0.2, 0.25) is 0 Å². The Morgan fingerprint density at radius 2 is 2.15 bits per heavy atom. The molecule has 5 nitrogen and oxygen atoms in total. The topological polar surface area (TPSA) is 80.4 Å². The molecular formula is C7H7NO4S. The summed E-state index contributed by atoms with van der Waals surface area (Å²) in [5.41, 5.74) is -0.423. The van der Waals surface area contributed by atoms with Crippen molar-refractivity contribution in [3.8, 4) is 5.75 Å². The van der Waals surface area contributed by atoms with Crippen LogP contribution in [0.1, 0.15) is 0 Å². The Labute approximate surface area is 76.6 Å². The smallest absolute Gasteiger partial charge is 0.311 e. The highest BCUT2D eigenvalue weighted by Crippen LogP contribution is 2.30. The molecule has 0 radical (unpaired) electrons. The van der Waals surface area contributed by atoms with E-state index in [0.717, 1.165) is 6.07 Å². The maximum absolute atomic E-state index is 11.0. The lowest BCUT2D eigenvalue weighted by atomic mass is 10.3. The van der Waals surface area contributed by atoms with Crippen LogP contribution in [-0.4, -0.2) is 20.5 Å². The molecule has 0 aliphatic carbocycles.